The molecular weight excluding hydrogens is 344 g/mol. The zero-order valence-electron chi connectivity index (χ0n) is 10.7. The van der Waals surface area contributed by atoms with Crippen LogP contribution in [0.15, 0.2) is 34.9 Å². The number of halogens is 1. The fraction of sp³-hybridized carbons (Fsp3) is 0.0769. The van der Waals surface area contributed by atoms with Crippen molar-refractivity contribution >= 4 is 27.6 Å². The SMILES string of the molecule is Cc1cc(Oc2ncc([N+](=O)[O-])cc2Br)ccc1C(=O)O. The first kappa shape index (κ1) is 14.9. The Morgan fingerprint density at radius 2 is 2.14 bits per heavy atom. The smallest absolute Gasteiger partial charge is 0.335 e. The van der Waals surface area contributed by atoms with Gasteiger partial charge in [-0.25, -0.2) is 9.78 Å². The third-order valence-electron chi connectivity index (χ3n) is 2.65. The number of ether oxygens (including phenoxy) is 1. The molecule has 0 atom stereocenters. The van der Waals surface area contributed by atoms with Gasteiger partial charge in [0.15, 0.2) is 0 Å². The maximum atomic E-state index is 10.9. The molecule has 0 unspecified atom stereocenters. The van der Waals surface area contributed by atoms with E-state index in [9.17, 15) is 14.9 Å². The lowest BCUT2D eigenvalue weighted by Crippen LogP contribution is -2.00. The fourth-order valence-corrected chi connectivity index (χ4v) is 2.06. The Balaban J connectivity index is 2.28. The van der Waals surface area contributed by atoms with Crippen LogP contribution in [0, 0.1) is 17.0 Å². The van der Waals surface area contributed by atoms with E-state index in [2.05, 4.69) is 20.9 Å². The number of rotatable bonds is 4. The molecule has 0 saturated carbocycles. The summed E-state index contributed by atoms with van der Waals surface area (Å²) < 4.78 is 5.82. The minimum Gasteiger partial charge on any atom is -0.478 e. The molecule has 0 saturated heterocycles. The van der Waals surface area contributed by atoms with E-state index >= 15 is 0 Å². The molecule has 0 spiro atoms. The van der Waals surface area contributed by atoms with Crippen molar-refractivity contribution in [2.75, 3.05) is 0 Å². The van der Waals surface area contributed by atoms with Gasteiger partial charge >= 0.3 is 5.97 Å². The van der Waals surface area contributed by atoms with E-state index in [0.717, 1.165) is 6.20 Å². The molecule has 0 fully saturated rings. The molecule has 0 amide bonds. The number of hydrogen-bond donors (Lipinski definition) is 1. The lowest BCUT2D eigenvalue weighted by Gasteiger charge is -2.08. The Morgan fingerprint density at radius 3 is 2.67 bits per heavy atom. The predicted molar refractivity (Wildman–Crippen MR) is 76.8 cm³/mol. The number of aryl methyl sites for hydroxylation is 1. The summed E-state index contributed by atoms with van der Waals surface area (Å²) in [6.45, 7) is 1.65. The van der Waals surface area contributed by atoms with Gasteiger partial charge in [0.25, 0.3) is 5.69 Å². The van der Waals surface area contributed by atoms with Gasteiger partial charge in [0, 0.05) is 6.07 Å². The molecule has 1 aromatic heterocycles. The quantitative estimate of drug-likeness (QED) is 0.666. The molecule has 0 aliphatic rings. The van der Waals surface area contributed by atoms with E-state index in [0.29, 0.717) is 15.8 Å². The average Bonchev–Trinajstić information content (AvgIpc) is 2.40. The molecule has 0 aliphatic heterocycles. The molecular formula is C13H9BrN2O5. The number of carboxylic acids is 1. The first-order valence-electron chi connectivity index (χ1n) is 5.70. The van der Waals surface area contributed by atoms with Gasteiger partial charge in [0.05, 0.1) is 15.0 Å². The Kier molecular flexibility index (Phi) is 4.18. The molecule has 108 valence electrons. The lowest BCUT2D eigenvalue weighted by molar-refractivity contribution is -0.385. The summed E-state index contributed by atoms with van der Waals surface area (Å²) in [7, 11) is 0. The highest BCUT2D eigenvalue weighted by molar-refractivity contribution is 9.10. The minimum absolute atomic E-state index is 0.156. The van der Waals surface area contributed by atoms with Crippen LogP contribution in [0.25, 0.3) is 0 Å². The van der Waals surface area contributed by atoms with E-state index in [1.807, 2.05) is 0 Å². The van der Waals surface area contributed by atoms with Gasteiger partial charge in [-0.1, -0.05) is 0 Å². The van der Waals surface area contributed by atoms with Crippen LogP contribution >= 0.6 is 15.9 Å². The number of benzene rings is 1. The number of aromatic nitrogens is 1. The summed E-state index contributed by atoms with van der Waals surface area (Å²) in [6.07, 6.45) is 1.08. The molecule has 1 heterocycles. The summed E-state index contributed by atoms with van der Waals surface area (Å²) in [6, 6.07) is 5.75. The maximum absolute atomic E-state index is 10.9. The Bertz CT molecular complexity index is 732. The lowest BCUT2D eigenvalue weighted by atomic mass is 10.1. The van der Waals surface area contributed by atoms with E-state index < -0.39 is 10.9 Å². The molecule has 0 bridgehead atoms. The topological polar surface area (TPSA) is 103 Å². The van der Waals surface area contributed by atoms with E-state index in [4.69, 9.17) is 9.84 Å². The molecule has 2 aromatic rings. The summed E-state index contributed by atoms with van der Waals surface area (Å²) in [4.78, 5) is 24.8. The third kappa shape index (κ3) is 3.34. The number of carboxylic acid groups (broad SMARTS) is 1. The van der Waals surface area contributed by atoms with Crippen LogP contribution in [0.2, 0.25) is 0 Å². The van der Waals surface area contributed by atoms with Crippen LogP contribution < -0.4 is 4.74 Å². The van der Waals surface area contributed by atoms with Gasteiger partial charge in [0.1, 0.15) is 11.9 Å². The Labute approximate surface area is 127 Å². The van der Waals surface area contributed by atoms with Crippen LogP contribution in [-0.2, 0) is 0 Å². The van der Waals surface area contributed by atoms with Crippen molar-refractivity contribution in [1.29, 1.82) is 0 Å². The molecule has 8 heteroatoms. The summed E-state index contributed by atoms with van der Waals surface area (Å²) in [5, 5.41) is 19.6. The second kappa shape index (κ2) is 5.88. The summed E-state index contributed by atoms with van der Waals surface area (Å²) in [5.41, 5.74) is 0.558. The predicted octanol–water partition coefficient (Wildman–Crippen LogP) is 3.55. The van der Waals surface area contributed by atoms with Crippen molar-refractivity contribution in [3.8, 4) is 11.6 Å². The molecule has 0 radical (unpaired) electrons. The van der Waals surface area contributed by atoms with Crippen molar-refractivity contribution in [1.82, 2.24) is 4.98 Å². The van der Waals surface area contributed by atoms with E-state index in [1.54, 1.807) is 13.0 Å². The van der Waals surface area contributed by atoms with Crippen molar-refractivity contribution in [3.05, 3.63) is 56.2 Å². The van der Waals surface area contributed by atoms with Crippen LogP contribution in [0.3, 0.4) is 0 Å². The van der Waals surface area contributed by atoms with Crippen molar-refractivity contribution in [3.63, 3.8) is 0 Å². The van der Waals surface area contributed by atoms with Crippen molar-refractivity contribution in [2.24, 2.45) is 0 Å². The largest absolute Gasteiger partial charge is 0.478 e. The fourth-order valence-electron chi connectivity index (χ4n) is 1.64. The van der Waals surface area contributed by atoms with Gasteiger partial charge in [-0.05, 0) is 46.6 Å². The van der Waals surface area contributed by atoms with E-state index in [1.165, 1.54) is 18.2 Å². The van der Waals surface area contributed by atoms with Gasteiger partial charge in [-0.15, -0.1) is 0 Å². The van der Waals surface area contributed by atoms with Gasteiger partial charge < -0.3 is 9.84 Å². The van der Waals surface area contributed by atoms with Crippen LogP contribution in [0.4, 0.5) is 5.69 Å². The number of nitro groups is 1. The second-order valence-electron chi connectivity index (χ2n) is 4.12. The van der Waals surface area contributed by atoms with Crippen LogP contribution in [0.5, 0.6) is 11.6 Å². The third-order valence-corrected chi connectivity index (χ3v) is 3.21. The first-order valence-corrected chi connectivity index (χ1v) is 6.49. The zero-order chi connectivity index (χ0) is 15.6. The number of carbonyl (C=O) groups is 1. The van der Waals surface area contributed by atoms with Crippen LogP contribution in [0.1, 0.15) is 15.9 Å². The van der Waals surface area contributed by atoms with E-state index in [-0.39, 0.29) is 17.1 Å². The minimum atomic E-state index is -1.02. The highest BCUT2D eigenvalue weighted by atomic mass is 79.9. The summed E-state index contributed by atoms with van der Waals surface area (Å²) in [5.74, 6) is -0.476. The Morgan fingerprint density at radius 1 is 1.43 bits per heavy atom. The monoisotopic (exact) mass is 352 g/mol. The number of nitrogens with zero attached hydrogens (tertiary/aromatic N) is 2. The molecule has 21 heavy (non-hydrogen) atoms. The Hall–Kier alpha value is -2.48. The van der Waals surface area contributed by atoms with Crippen molar-refractivity contribution in [2.45, 2.75) is 6.92 Å². The highest BCUT2D eigenvalue weighted by Gasteiger charge is 2.13. The zero-order valence-corrected chi connectivity index (χ0v) is 12.3. The van der Waals surface area contributed by atoms with Gasteiger partial charge in [-0.2, -0.15) is 0 Å². The molecule has 1 N–H and O–H groups in total. The highest BCUT2D eigenvalue weighted by Crippen LogP contribution is 2.30. The van der Waals surface area contributed by atoms with Gasteiger partial charge in [0.2, 0.25) is 5.88 Å². The average molecular weight is 353 g/mol. The van der Waals surface area contributed by atoms with Crippen LogP contribution in [-0.4, -0.2) is 21.0 Å². The molecule has 0 aliphatic carbocycles. The van der Waals surface area contributed by atoms with Crippen molar-refractivity contribution < 1.29 is 19.6 Å². The molecule has 7 nitrogen and oxygen atoms in total. The number of pyridine rings is 1. The number of hydrogen-bond acceptors (Lipinski definition) is 5. The normalized spacial score (nSPS) is 10.2. The standard InChI is InChI=1S/C13H9BrN2O5/c1-7-4-9(2-3-10(7)13(17)18)21-12-11(14)5-8(6-15-12)16(19)20/h2-6H,1H3,(H,17,18). The molecule has 2 rings (SSSR count). The first-order chi connectivity index (χ1) is 9.88. The molecule has 1 aromatic carbocycles. The number of aromatic carboxylic acids is 1. The van der Waals surface area contributed by atoms with Gasteiger partial charge in [-0.3, -0.25) is 10.1 Å². The maximum Gasteiger partial charge on any atom is 0.335 e. The second-order valence-corrected chi connectivity index (χ2v) is 4.98. The summed E-state index contributed by atoms with van der Waals surface area (Å²) >= 11 is 3.14.